The highest BCUT2D eigenvalue weighted by Crippen LogP contribution is 2.19. The number of fused-ring (bicyclic) bond motifs is 1. The minimum absolute atomic E-state index is 0.892. The first-order valence-electron chi connectivity index (χ1n) is 4.21. The molecule has 0 saturated carbocycles. The lowest BCUT2D eigenvalue weighted by Gasteiger charge is -2.04. The van der Waals surface area contributed by atoms with Crippen molar-refractivity contribution < 1.29 is 0 Å². The summed E-state index contributed by atoms with van der Waals surface area (Å²) in [5, 5.41) is 4.13. The Morgan fingerprint density at radius 3 is 3.00 bits per heavy atom. The van der Waals surface area contributed by atoms with Crippen LogP contribution >= 0.6 is 0 Å². The molecule has 0 fully saturated rings. The summed E-state index contributed by atoms with van der Waals surface area (Å²) in [7, 11) is 1.87. The lowest BCUT2D eigenvalue weighted by Crippen LogP contribution is -1.95. The molecule has 0 amide bonds. The topological polar surface area (TPSA) is 37.8 Å². The Morgan fingerprint density at radius 2 is 2.23 bits per heavy atom. The summed E-state index contributed by atoms with van der Waals surface area (Å²) in [6, 6.07) is 5.91. The number of hydrogen-bond acceptors (Lipinski definition) is 3. The Bertz CT molecular complexity index is 437. The van der Waals surface area contributed by atoms with E-state index in [1.54, 1.807) is 6.20 Å². The molecule has 0 aliphatic heterocycles. The third kappa shape index (κ3) is 1.33. The van der Waals surface area contributed by atoms with Gasteiger partial charge in [0.1, 0.15) is 5.82 Å². The SMILES string of the molecule is CNc1nc(C)cc2ncccc12. The fraction of sp³-hybridized carbons (Fsp3) is 0.200. The largest absolute Gasteiger partial charge is 0.373 e. The van der Waals surface area contributed by atoms with Crippen LogP contribution in [0.15, 0.2) is 24.4 Å². The fourth-order valence-electron chi connectivity index (χ4n) is 1.39. The summed E-state index contributed by atoms with van der Waals surface area (Å²) in [6.07, 6.45) is 1.79. The second-order valence-electron chi connectivity index (χ2n) is 2.93. The van der Waals surface area contributed by atoms with Crippen molar-refractivity contribution in [3.63, 3.8) is 0 Å². The lowest BCUT2D eigenvalue weighted by molar-refractivity contribution is 1.20. The predicted molar refractivity (Wildman–Crippen MR) is 53.8 cm³/mol. The zero-order valence-electron chi connectivity index (χ0n) is 7.70. The van der Waals surface area contributed by atoms with Crippen LogP contribution in [0.2, 0.25) is 0 Å². The Labute approximate surface area is 76.8 Å². The van der Waals surface area contributed by atoms with Crippen LogP contribution in [0.4, 0.5) is 5.82 Å². The highest BCUT2D eigenvalue weighted by molar-refractivity contribution is 5.89. The van der Waals surface area contributed by atoms with E-state index in [0.717, 1.165) is 22.4 Å². The molecule has 2 rings (SSSR count). The van der Waals surface area contributed by atoms with Crippen molar-refractivity contribution in [1.82, 2.24) is 9.97 Å². The summed E-state index contributed by atoms with van der Waals surface area (Å²) in [5.41, 5.74) is 1.97. The molecule has 0 saturated heterocycles. The third-order valence-corrected chi connectivity index (χ3v) is 1.96. The van der Waals surface area contributed by atoms with Gasteiger partial charge in [-0.3, -0.25) is 4.98 Å². The molecular formula is C10H11N3. The van der Waals surface area contributed by atoms with E-state index in [4.69, 9.17) is 0 Å². The van der Waals surface area contributed by atoms with Gasteiger partial charge in [-0.05, 0) is 25.1 Å². The molecule has 2 aromatic heterocycles. The maximum atomic E-state index is 4.37. The molecule has 2 heterocycles. The van der Waals surface area contributed by atoms with Gasteiger partial charge in [-0.25, -0.2) is 4.98 Å². The van der Waals surface area contributed by atoms with Crippen LogP contribution in [0, 0.1) is 6.92 Å². The van der Waals surface area contributed by atoms with E-state index in [0.29, 0.717) is 0 Å². The van der Waals surface area contributed by atoms with Crippen LogP contribution in [0.1, 0.15) is 5.69 Å². The van der Waals surface area contributed by atoms with Gasteiger partial charge in [0, 0.05) is 24.3 Å². The van der Waals surface area contributed by atoms with Gasteiger partial charge in [-0.15, -0.1) is 0 Å². The average molecular weight is 173 g/mol. The normalized spacial score (nSPS) is 10.3. The van der Waals surface area contributed by atoms with Crippen molar-refractivity contribution in [2.45, 2.75) is 6.92 Å². The fourth-order valence-corrected chi connectivity index (χ4v) is 1.39. The number of pyridine rings is 2. The highest BCUT2D eigenvalue weighted by atomic mass is 15.0. The van der Waals surface area contributed by atoms with Crippen LogP contribution in [-0.2, 0) is 0 Å². The van der Waals surface area contributed by atoms with E-state index >= 15 is 0 Å². The highest BCUT2D eigenvalue weighted by Gasteiger charge is 2.01. The van der Waals surface area contributed by atoms with E-state index < -0.39 is 0 Å². The van der Waals surface area contributed by atoms with Gasteiger partial charge in [-0.1, -0.05) is 0 Å². The summed E-state index contributed by atoms with van der Waals surface area (Å²) in [5.74, 6) is 0.892. The van der Waals surface area contributed by atoms with Gasteiger partial charge in [0.25, 0.3) is 0 Å². The molecule has 3 nitrogen and oxygen atoms in total. The number of rotatable bonds is 1. The number of anilines is 1. The monoisotopic (exact) mass is 173 g/mol. The van der Waals surface area contributed by atoms with Gasteiger partial charge >= 0.3 is 0 Å². The molecule has 0 aromatic carbocycles. The van der Waals surface area contributed by atoms with E-state index in [2.05, 4.69) is 15.3 Å². The van der Waals surface area contributed by atoms with Crippen molar-refractivity contribution in [3.8, 4) is 0 Å². The Hall–Kier alpha value is -1.64. The molecule has 3 heteroatoms. The van der Waals surface area contributed by atoms with Gasteiger partial charge in [0.2, 0.25) is 0 Å². The Balaban J connectivity index is 2.81. The number of nitrogens with zero attached hydrogens (tertiary/aromatic N) is 2. The quantitative estimate of drug-likeness (QED) is 0.716. The molecule has 0 atom stereocenters. The van der Waals surface area contributed by atoms with E-state index in [1.165, 1.54) is 0 Å². The van der Waals surface area contributed by atoms with Crippen LogP contribution in [-0.4, -0.2) is 17.0 Å². The first-order valence-corrected chi connectivity index (χ1v) is 4.21. The zero-order valence-corrected chi connectivity index (χ0v) is 7.70. The molecule has 0 unspecified atom stereocenters. The first-order chi connectivity index (χ1) is 6.31. The summed E-state index contributed by atoms with van der Waals surface area (Å²) in [4.78, 5) is 8.64. The molecule has 1 N–H and O–H groups in total. The zero-order chi connectivity index (χ0) is 9.26. The Morgan fingerprint density at radius 1 is 1.38 bits per heavy atom. The van der Waals surface area contributed by atoms with Crippen molar-refractivity contribution in [2.24, 2.45) is 0 Å². The molecule has 13 heavy (non-hydrogen) atoms. The Kier molecular flexibility index (Phi) is 1.85. The minimum Gasteiger partial charge on any atom is -0.373 e. The number of aromatic nitrogens is 2. The van der Waals surface area contributed by atoms with Gasteiger partial charge in [-0.2, -0.15) is 0 Å². The van der Waals surface area contributed by atoms with E-state index in [9.17, 15) is 0 Å². The van der Waals surface area contributed by atoms with Gasteiger partial charge in [0.15, 0.2) is 0 Å². The summed E-state index contributed by atoms with van der Waals surface area (Å²) < 4.78 is 0. The second kappa shape index (κ2) is 3.01. The second-order valence-corrected chi connectivity index (χ2v) is 2.93. The number of hydrogen-bond donors (Lipinski definition) is 1. The van der Waals surface area contributed by atoms with Crippen LogP contribution in [0.3, 0.4) is 0 Å². The van der Waals surface area contributed by atoms with Crippen LogP contribution < -0.4 is 5.32 Å². The van der Waals surface area contributed by atoms with E-state index in [-0.39, 0.29) is 0 Å². The van der Waals surface area contributed by atoms with Gasteiger partial charge in [0.05, 0.1) is 5.52 Å². The summed E-state index contributed by atoms with van der Waals surface area (Å²) in [6.45, 7) is 1.97. The molecule has 0 spiro atoms. The molecular weight excluding hydrogens is 162 g/mol. The first kappa shape index (κ1) is 7.98. The van der Waals surface area contributed by atoms with Crippen molar-refractivity contribution >= 4 is 16.7 Å². The molecule has 0 aliphatic rings. The standard InChI is InChI=1S/C10H11N3/c1-7-6-9-8(4-3-5-12-9)10(11-2)13-7/h3-6H,1-2H3,(H,11,13). The van der Waals surface area contributed by atoms with Crippen LogP contribution in [0.5, 0.6) is 0 Å². The summed E-state index contributed by atoms with van der Waals surface area (Å²) >= 11 is 0. The predicted octanol–water partition coefficient (Wildman–Crippen LogP) is 1.98. The lowest BCUT2D eigenvalue weighted by atomic mass is 10.2. The van der Waals surface area contributed by atoms with Crippen molar-refractivity contribution in [2.75, 3.05) is 12.4 Å². The molecule has 0 bridgehead atoms. The van der Waals surface area contributed by atoms with Crippen molar-refractivity contribution in [1.29, 1.82) is 0 Å². The average Bonchev–Trinajstić information content (AvgIpc) is 2.16. The molecule has 0 radical (unpaired) electrons. The number of aryl methyl sites for hydroxylation is 1. The van der Waals surface area contributed by atoms with Crippen molar-refractivity contribution in [3.05, 3.63) is 30.1 Å². The smallest absolute Gasteiger partial charge is 0.135 e. The van der Waals surface area contributed by atoms with Crippen LogP contribution in [0.25, 0.3) is 10.9 Å². The molecule has 66 valence electrons. The minimum atomic E-state index is 0.892. The van der Waals surface area contributed by atoms with E-state index in [1.807, 2.05) is 32.2 Å². The maximum absolute atomic E-state index is 4.37. The van der Waals surface area contributed by atoms with Gasteiger partial charge < -0.3 is 5.32 Å². The molecule has 2 aromatic rings. The third-order valence-electron chi connectivity index (χ3n) is 1.96. The maximum Gasteiger partial charge on any atom is 0.135 e. The number of nitrogens with one attached hydrogen (secondary N) is 1. The molecule has 0 aliphatic carbocycles.